The van der Waals surface area contributed by atoms with Crippen molar-refractivity contribution in [3.8, 4) is 6.57 Å². The summed E-state index contributed by atoms with van der Waals surface area (Å²) in [7, 11) is 0. The second kappa shape index (κ2) is 5.55. The lowest BCUT2D eigenvalue weighted by molar-refractivity contribution is 0.665. The summed E-state index contributed by atoms with van der Waals surface area (Å²) in [5, 5.41) is 3.36. The largest absolute Gasteiger partial charge is 0.316 e. The molecule has 2 nitrogen and oxygen atoms in total. The smallest absolute Gasteiger partial charge is 0.301 e. The monoisotopic (exact) mass is 177 g/mol. The fourth-order valence-corrected chi connectivity index (χ4v) is 1.74. The minimum Gasteiger partial charge on any atom is -0.316 e. The Kier molecular flexibility index (Phi) is 4.28. The lowest BCUT2D eigenvalue weighted by Crippen LogP contribution is -2.10. The van der Waals surface area contributed by atoms with Crippen LogP contribution in [0, 0.1) is 12.5 Å². The average Bonchev–Trinajstić information content (AvgIpc) is 2.65. The van der Waals surface area contributed by atoms with Gasteiger partial charge in [0, 0.05) is 12.6 Å². The van der Waals surface area contributed by atoms with Crippen molar-refractivity contribution in [2.45, 2.75) is 19.8 Å². The van der Waals surface area contributed by atoms with Crippen LogP contribution in [0.4, 0.5) is 0 Å². The van der Waals surface area contributed by atoms with Crippen LogP contribution in [0.2, 0.25) is 0 Å². The number of nitrogens with zero attached hydrogens (tertiary/aromatic N) is 1. The SMILES string of the molecule is C#[N+]C=CC/C(=C\C)[C@@H]1CCNC1. The minimum atomic E-state index is 0.715. The molecule has 0 aromatic heterocycles. The fourth-order valence-electron chi connectivity index (χ4n) is 1.74. The van der Waals surface area contributed by atoms with E-state index in [2.05, 4.69) is 23.2 Å². The molecule has 0 aromatic rings. The van der Waals surface area contributed by atoms with Crippen molar-refractivity contribution in [1.82, 2.24) is 5.32 Å². The third kappa shape index (κ3) is 3.04. The summed E-state index contributed by atoms with van der Waals surface area (Å²) in [6, 6.07) is 0. The van der Waals surface area contributed by atoms with Crippen molar-refractivity contribution in [2.24, 2.45) is 5.92 Å². The second-order valence-corrected chi connectivity index (χ2v) is 3.29. The Hall–Kier alpha value is -1.07. The third-order valence-electron chi connectivity index (χ3n) is 2.50. The van der Waals surface area contributed by atoms with Crippen molar-refractivity contribution in [1.29, 1.82) is 0 Å². The molecular weight excluding hydrogens is 160 g/mol. The van der Waals surface area contributed by atoms with Crippen molar-refractivity contribution >= 4 is 0 Å². The molecule has 1 heterocycles. The van der Waals surface area contributed by atoms with Crippen LogP contribution >= 0.6 is 0 Å². The van der Waals surface area contributed by atoms with E-state index in [0.717, 1.165) is 19.5 Å². The molecule has 0 saturated carbocycles. The molecule has 0 unspecified atom stereocenters. The molecule has 2 heteroatoms. The molecule has 0 spiro atoms. The van der Waals surface area contributed by atoms with Gasteiger partial charge < -0.3 is 5.32 Å². The molecule has 70 valence electrons. The van der Waals surface area contributed by atoms with Gasteiger partial charge >= 0.3 is 6.20 Å². The summed E-state index contributed by atoms with van der Waals surface area (Å²) >= 11 is 0. The van der Waals surface area contributed by atoms with E-state index in [9.17, 15) is 0 Å². The van der Waals surface area contributed by atoms with Gasteiger partial charge in [0.05, 0.1) is 0 Å². The second-order valence-electron chi connectivity index (χ2n) is 3.29. The van der Waals surface area contributed by atoms with Gasteiger partial charge in [-0.3, -0.25) is 0 Å². The molecule has 0 amide bonds. The van der Waals surface area contributed by atoms with E-state index in [1.54, 1.807) is 6.20 Å². The maximum atomic E-state index is 5.02. The number of rotatable bonds is 3. The highest BCUT2D eigenvalue weighted by molar-refractivity contribution is 5.13. The van der Waals surface area contributed by atoms with Gasteiger partial charge in [-0.2, -0.15) is 0 Å². The first kappa shape index (κ1) is 10.0. The molecule has 1 saturated heterocycles. The van der Waals surface area contributed by atoms with Gasteiger partial charge in [-0.1, -0.05) is 11.6 Å². The molecular formula is C11H17N2+. The van der Waals surface area contributed by atoms with Crippen LogP contribution in [-0.2, 0) is 0 Å². The van der Waals surface area contributed by atoms with E-state index < -0.39 is 0 Å². The first-order valence-electron chi connectivity index (χ1n) is 4.79. The molecule has 0 bridgehead atoms. The van der Waals surface area contributed by atoms with Gasteiger partial charge in [0.1, 0.15) is 0 Å². The third-order valence-corrected chi connectivity index (χ3v) is 2.50. The van der Waals surface area contributed by atoms with Crippen molar-refractivity contribution in [3.63, 3.8) is 0 Å². The number of hydrogen-bond donors (Lipinski definition) is 1. The van der Waals surface area contributed by atoms with Gasteiger partial charge in [-0.05, 0) is 37.1 Å². The predicted molar refractivity (Wildman–Crippen MR) is 56.8 cm³/mol. The summed E-state index contributed by atoms with van der Waals surface area (Å²) in [5.74, 6) is 0.715. The maximum Gasteiger partial charge on any atom is 0.301 e. The van der Waals surface area contributed by atoms with Gasteiger partial charge in [-0.25, -0.2) is 0 Å². The highest BCUT2D eigenvalue weighted by Crippen LogP contribution is 2.21. The molecule has 1 atom stereocenters. The van der Waals surface area contributed by atoms with E-state index in [0.29, 0.717) is 5.92 Å². The van der Waals surface area contributed by atoms with E-state index in [4.69, 9.17) is 6.57 Å². The standard InChI is InChI=1S/C11H17N2/c1-3-10(5-4-7-12-2)11-6-8-13-9-11/h2-4,7,11,13H,5-6,8-9H2,1H3/q+1/b7-4?,10-3+/t11-/m1/s1. The number of hydrogen-bond acceptors (Lipinski definition) is 1. The fraction of sp³-hybridized carbons (Fsp3) is 0.545. The van der Waals surface area contributed by atoms with E-state index in [1.807, 2.05) is 6.08 Å². The summed E-state index contributed by atoms with van der Waals surface area (Å²) in [4.78, 5) is 3.45. The van der Waals surface area contributed by atoms with Crippen LogP contribution in [0.25, 0.3) is 4.85 Å². The van der Waals surface area contributed by atoms with Gasteiger partial charge in [0.2, 0.25) is 0 Å². The molecule has 1 aliphatic rings. The molecule has 1 fully saturated rings. The van der Waals surface area contributed by atoms with E-state index in [1.165, 1.54) is 12.0 Å². The molecule has 0 aromatic carbocycles. The molecule has 0 radical (unpaired) electrons. The topological polar surface area (TPSA) is 16.4 Å². The summed E-state index contributed by atoms with van der Waals surface area (Å²) < 4.78 is 0. The summed E-state index contributed by atoms with van der Waals surface area (Å²) in [5.41, 5.74) is 1.49. The molecule has 1 aliphatic heterocycles. The average molecular weight is 177 g/mol. The predicted octanol–water partition coefficient (Wildman–Crippen LogP) is 2.41. The molecule has 13 heavy (non-hydrogen) atoms. The Morgan fingerprint density at radius 3 is 3.08 bits per heavy atom. The Bertz CT molecular complexity index is 239. The van der Waals surface area contributed by atoms with E-state index >= 15 is 0 Å². The highest BCUT2D eigenvalue weighted by Gasteiger charge is 2.17. The van der Waals surface area contributed by atoms with Gasteiger partial charge in [0.15, 0.2) is 0 Å². The summed E-state index contributed by atoms with van der Waals surface area (Å²) in [6.45, 7) is 9.38. The Morgan fingerprint density at radius 2 is 2.54 bits per heavy atom. The molecule has 1 rings (SSSR count). The first-order valence-corrected chi connectivity index (χ1v) is 4.79. The van der Waals surface area contributed by atoms with Crippen molar-refractivity contribution in [3.05, 3.63) is 28.8 Å². The van der Waals surface area contributed by atoms with Crippen molar-refractivity contribution in [2.75, 3.05) is 13.1 Å². The van der Waals surface area contributed by atoms with Crippen LogP contribution in [-0.4, -0.2) is 13.1 Å². The number of nitrogens with one attached hydrogen (secondary N) is 1. The normalized spacial score (nSPS) is 23.7. The zero-order valence-electron chi connectivity index (χ0n) is 8.16. The minimum absolute atomic E-state index is 0.715. The summed E-state index contributed by atoms with van der Waals surface area (Å²) in [6.07, 6.45) is 8.11. The first-order chi connectivity index (χ1) is 6.38. The van der Waals surface area contributed by atoms with Gasteiger partial charge in [0.25, 0.3) is 6.57 Å². The lowest BCUT2D eigenvalue weighted by Gasteiger charge is -2.10. The maximum absolute atomic E-state index is 5.02. The van der Waals surface area contributed by atoms with Crippen LogP contribution in [0.15, 0.2) is 23.9 Å². The molecule has 1 N–H and O–H groups in total. The van der Waals surface area contributed by atoms with Crippen LogP contribution in [0.5, 0.6) is 0 Å². The van der Waals surface area contributed by atoms with Crippen LogP contribution < -0.4 is 5.32 Å². The lowest BCUT2D eigenvalue weighted by atomic mass is 9.95. The zero-order chi connectivity index (χ0) is 9.52. The van der Waals surface area contributed by atoms with E-state index in [-0.39, 0.29) is 0 Å². The zero-order valence-corrected chi connectivity index (χ0v) is 8.16. The molecule has 0 aliphatic carbocycles. The number of allylic oxidation sites excluding steroid dienone is 2. The highest BCUT2D eigenvalue weighted by atomic mass is 14.9. The van der Waals surface area contributed by atoms with Crippen LogP contribution in [0.3, 0.4) is 0 Å². The Labute approximate surface area is 80.2 Å². The Morgan fingerprint density at radius 1 is 1.69 bits per heavy atom. The Balaban J connectivity index is 2.44. The van der Waals surface area contributed by atoms with Crippen LogP contribution in [0.1, 0.15) is 19.8 Å². The van der Waals surface area contributed by atoms with Crippen molar-refractivity contribution < 1.29 is 0 Å². The van der Waals surface area contributed by atoms with Gasteiger partial charge in [-0.15, -0.1) is 0 Å². The quantitative estimate of drug-likeness (QED) is 0.655.